The Kier molecular flexibility index (Phi) is 9.73. The van der Waals surface area contributed by atoms with Crippen molar-refractivity contribution >= 4 is 27.5 Å². The first kappa shape index (κ1) is 27.0. The Morgan fingerprint density at radius 3 is 2.18 bits per heavy atom. The van der Waals surface area contributed by atoms with E-state index in [4.69, 9.17) is 9.47 Å². The highest BCUT2D eigenvalue weighted by Crippen LogP contribution is 2.32. The number of rotatable bonds is 12. The van der Waals surface area contributed by atoms with Crippen LogP contribution in [0.1, 0.15) is 25.8 Å². The number of hydrogen-bond acceptors (Lipinski definition) is 6. The Labute approximate surface area is 201 Å². The van der Waals surface area contributed by atoms with Crippen molar-refractivity contribution in [3.63, 3.8) is 0 Å². The Hall–Kier alpha value is -3.27. The summed E-state index contributed by atoms with van der Waals surface area (Å²) >= 11 is 0. The van der Waals surface area contributed by atoms with Gasteiger partial charge in [0.1, 0.15) is 12.6 Å². The summed E-state index contributed by atoms with van der Waals surface area (Å²) < 4.78 is 36.9. The molecule has 0 bridgehead atoms. The molecule has 0 aliphatic heterocycles. The van der Waals surface area contributed by atoms with Crippen molar-refractivity contribution < 1.29 is 27.5 Å². The average molecular weight is 492 g/mol. The first-order valence-corrected chi connectivity index (χ1v) is 12.8. The average Bonchev–Trinajstić information content (AvgIpc) is 2.81. The van der Waals surface area contributed by atoms with Crippen LogP contribution in [0.2, 0.25) is 0 Å². The van der Waals surface area contributed by atoms with Gasteiger partial charge < -0.3 is 19.7 Å². The zero-order chi connectivity index (χ0) is 25.3. The number of nitrogens with zero attached hydrogens (tertiary/aromatic N) is 2. The van der Waals surface area contributed by atoms with Gasteiger partial charge in [-0.2, -0.15) is 0 Å². The molecule has 1 N–H and O–H groups in total. The van der Waals surface area contributed by atoms with Crippen LogP contribution >= 0.6 is 0 Å². The molecule has 0 aliphatic rings. The molecule has 0 aliphatic carbocycles. The number of hydrogen-bond donors (Lipinski definition) is 1. The number of benzene rings is 2. The maximum Gasteiger partial charge on any atom is 0.244 e. The Bertz CT molecular complexity index is 1080. The number of anilines is 1. The van der Waals surface area contributed by atoms with Crippen molar-refractivity contribution in [3.05, 3.63) is 54.1 Å². The summed E-state index contributed by atoms with van der Waals surface area (Å²) in [5, 5.41) is 2.77. The van der Waals surface area contributed by atoms with Crippen LogP contribution in [0, 0.1) is 0 Å². The van der Waals surface area contributed by atoms with Crippen molar-refractivity contribution in [3.8, 4) is 11.5 Å². The quantitative estimate of drug-likeness (QED) is 0.489. The molecule has 0 radical (unpaired) electrons. The van der Waals surface area contributed by atoms with Crippen LogP contribution in [0.25, 0.3) is 0 Å². The number of nitrogens with one attached hydrogen (secondary N) is 1. The number of carbonyl (C=O) groups excluding carboxylic acids is 2. The van der Waals surface area contributed by atoms with Gasteiger partial charge in [0.25, 0.3) is 0 Å². The standard InChI is InChI=1S/C24H33N3O6S/c1-6-20(24(29)25-7-2)26(16-18-11-9-8-10-12-18)23(28)17-27(34(5,30)31)19-13-14-21(32-3)22(15-19)33-4/h8-15,20H,6-7,16-17H2,1-5H3,(H,25,29). The third-order valence-corrected chi connectivity index (χ3v) is 6.41. The lowest BCUT2D eigenvalue weighted by Crippen LogP contribution is -2.52. The van der Waals surface area contributed by atoms with Crippen molar-refractivity contribution in [1.82, 2.24) is 10.2 Å². The van der Waals surface area contributed by atoms with Gasteiger partial charge in [-0.05, 0) is 31.0 Å². The maximum absolute atomic E-state index is 13.5. The van der Waals surface area contributed by atoms with E-state index >= 15 is 0 Å². The van der Waals surface area contributed by atoms with E-state index < -0.39 is 28.5 Å². The number of likely N-dealkylation sites (N-methyl/N-ethyl adjacent to an activating group) is 1. The molecule has 2 aromatic rings. The smallest absolute Gasteiger partial charge is 0.244 e. The largest absolute Gasteiger partial charge is 0.493 e. The van der Waals surface area contributed by atoms with E-state index in [9.17, 15) is 18.0 Å². The summed E-state index contributed by atoms with van der Waals surface area (Å²) in [7, 11) is -0.921. The highest BCUT2D eigenvalue weighted by molar-refractivity contribution is 7.92. The van der Waals surface area contributed by atoms with E-state index in [0.717, 1.165) is 16.1 Å². The summed E-state index contributed by atoms with van der Waals surface area (Å²) in [6.45, 7) is 3.73. The molecule has 186 valence electrons. The third-order valence-electron chi connectivity index (χ3n) is 5.27. The molecule has 34 heavy (non-hydrogen) atoms. The number of sulfonamides is 1. The highest BCUT2D eigenvalue weighted by Gasteiger charge is 2.31. The molecule has 9 nitrogen and oxygen atoms in total. The van der Waals surface area contributed by atoms with Gasteiger partial charge in [-0.3, -0.25) is 13.9 Å². The van der Waals surface area contributed by atoms with Gasteiger partial charge >= 0.3 is 0 Å². The van der Waals surface area contributed by atoms with Crippen molar-refractivity contribution in [1.29, 1.82) is 0 Å². The molecular weight excluding hydrogens is 458 g/mol. The van der Waals surface area contributed by atoms with Crippen LogP contribution in [0.15, 0.2) is 48.5 Å². The van der Waals surface area contributed by atoms with Crippen LogP contribution in [-0.2, 0) is 26.2 Å². The number of methoxy groups -OCH3 is 2. The normalized spacial score (nSPS) is 11.9. The maximum atomic E-state index is 13.5. The second-order valence-electron chi connectivity index (χ2n) is 7.63. The van der Waals surface area contributed by atoms with Crippen molar-refractivity contribution in [2.24, 2.45) is 0 Å². The summed E-state index contributed by atoms with van der Waals surface area (Å²) in [5.41, 5.74) is 1.08. The summed E-state index contributed by atoms with van der Waals surface area (Å²) in [6.07, 6.45) is 1.40. The molecule has 2 rings (SSSR count). The Morgan fingerprint density at radius 1 is 1.00 bits per heavy atom. The zero-order valence-corrected chi connectivity index (χ0v) is 21.1. The minimum Gasteiger partial charge on any atom is -0.493 e. The van der Waals surface area contributed by atoms with Gasteiger partial charge in [0, 0.05) is 19.2 Å². The van der Waals surface area contributed by atoms with Crippen molar-refractivity contribution in [2.45, 2.75) is 32.9 Å². The van der Waals surface area contributed by atoms with Gasteiger partial charge in [-0.1, -0.05) is 37.3 Å². The molecule has 2 amide bonds. The van der Waals surface area contributed by atoms with Crippen LogP contribution in [0.5, 0.6) is 11.5 Å². The molecule has 0 heterocycles. The molecular formula is C24H33N3O6S. The molecule has 0 aromatic heterocycles. The van der Waals surface area contributed by atoms with Gasteiger partial charge in [-0.15, -0.1) is 0 Å². The van der Waals surface area contributed by atoms with E-state index in [1.165, 1.54) is 31.3 Å². The van der Waals surface area contributed by atoms with Crippen LogP contribution < -0.4 is 19.1 Å². The minimum atomic E-state index is -3.84. The molecule has 1 unspecified atom stereocenters. The lowest BCUT2D eigenvalue weighted by atomic mass is 10.1. The fourth-order valence-corrected chi connectivity index (χ4v) is 4.43. The minimum absolute atomic E-state index is 0.166. The number of ether oxygens (including phenoxy) is 2. The number of carbonyl (C=O) groups is 2. The first-order valence-electron chi connectivity index (χ1n) is 11.0. The molecule has 0 saturated carbocycles. The van der Waals surface area contributed by atoms with E-state index in [1.54, 1.807) is 13.0 Å². The second-order valence-corrected chi connectivity index (χ2v) is 9.54. The van der Waals surface area contributed by atoms with Crippen LogP contribution in [0.3, 0.4) is 0 Å². The predicted molar refractivity (Wildman–Crippen MR) is 131 cm³/mol. The summed E-state index contributed by atoms with van der Waals surface area (Å²) in [4.78, 5) is 27.7. The van der Waals surface area contributed by atoms with E-state index in [0.29, 0.717) is 24.5 Å². The lowest BCUT2D eigenvalue weighted by Gasteiger charge is -2.32. The van der Waals surface area contributed by atoms with E-state index in [2.05, 4.69) is 5.32 Å². The SMILES string of the molecule is CCNC(=O)C(CC)N(Cc1ccccc1)C(=O)CN(c1ccc(OC)c(OC)c1)S(C)(=O)=O. The molecule has 0 spiro atoms. The Morgan fingerprint density at radius 2 is 1.65 bits per heavy atom. The first-order chi connectivity index (χ1) is 16.2. The second kappa shape index (κ2) is 12.3. The summed E-state index contributed by atoms with van der Waals surface area (Å²) in [5.74, 6) is -0.0246. The van der Waals surface area contributed by atoms with Crippen LogP contribution in [-0.4, -0.2) is 64.7 Å². The van der Waals surface area contributed by atoms with Crippen molar-refractivity contribution in [2.75, 3.05) is 37.9 Å². The molecule has 1 atom stereocenters. The number of amides is 2. The predicted octanol–water partition coefficient (Wildman–Crippen LogP) is 2.41. The van der Waals surface area contributed by atoms with Gasteiger partial charge in [0.05, 0.1) is 26.2 Å². The van der Waals surface area contributed by atoms with Gasteiger partial charge in [0.15, 0.2) is 11.5 Å². The molecule has 0 fully saturated rings. The van der Waals surface area contributed by atoms with E-state index in [1.807, 2.05) is 37.3 Å². The van der Waals surface area contributed by atoms with Gasteiger partial charge in [-0.25, -0.2) is 8.42 Å². The highest BCUT2D eigenvalue weighted by atomic mass is 32.2. The fourth-order valence-electron chi connectivity index (χ4n) is 3.59. The third kappa shape index (κ3) is 6.86. The lowest BCUT2D eigenvalue weighted by molar-refractivity contribution is -0.140. The summed E-state index contributed by atoms with van der Waals surface area (Å²) in [6, 6.07) is 13.1. The van der Waals surface area contributed by atoms with Crippen LogP contribution in [0.4, 0.5) is 5.69 Å². The fraction of sp³-hybridized carbons (Fsp3) is 0.417. The topological polar surface area (TPSA) is 105 Å². The molecule has 0 saturated heterocycles. The molecule has 10 heteroatoms. The van der Waals surface area contributed by atoms with E-state index in [-0.39, 0.29) is 18.1 Å². The molecule has 2 aromatic carbocycles. The monoisotopic (exact) mass is 491 g/mol. The van der Waals surface area contributed by atoms with Gasteiger partial charge in [0.2, 0.25) is 21.8 Å². The Balaban J connectivity index is 2.45. The zero-order valence-electron chi connectivity index (χ0n) is 20.3.